The van der Waals surface area contributed by atoms with Crippen LogP contribution in [0.1, 0.15) is 41.7 Å². The van der Waals surface area contributed by atoms with E-state index in [2.05, 4.69) is 26.3 Å². The van der Waals surface area contributed by atoms with Gasteiger partial charge in [-0.1, -0.05) is 6.07 Å². The summed E-state index contributed by atoms with van der Waals surface area (Å²) >= 11 is 0. The fourth-order valence-electron chi connectivity index (χ4n) is 3.32. The minimum absolute atomic E-state index is 0.358. The van der Waals surface area contributed by atoms with Crippen LogP contribution in [-0.2, 0) is 19.5 Å². The van der Waals surface area contributed by atoms with E-state index in [1.807, 2.05) is 24.5 Å². The van der Waals surface area contributed by atoms with Crippen LogP contribution in [0.5, 0.6) is 0 Å². The Morgan fingerprint density at radius 3 is 3.09 bits per heavy atom. The first-order valence-corrected chi connectivity index (χ1v) is 8.09. The van der Waals surface area contributed by atoms with Crippen LogP contribution in [0.15, 0.2) is 30.6 Å². The maximum atomic E-state index is 4.82. The zero-order valence-electron chi connectivity index (χ0n) is 12.7. The average Bonchev–Trinajstić information content (AvgIpc) is 3.10. The molecule has 4 rings (SSSR count). The van der Waals surface area contributed by atoms with Crippen molar-refractivity contribution in [3.63, 3.8) is 0 Å². The van der Waals surface area contributed by atoms with Gasteiger partial charge in [-0.25, -0.2) is 9.97 Å². The van der Waals surface area contributed by atoms with Crippen LogP contribution in [0.3, 0.4) is 0 Å². The van der Waals surface area contributed by atoms with E-state index in [0.717, 1.165) is 50.5 Å². The number of fused-ring (bicyclic) bond motifs is 1. The number of pyridine rings is 1. The van der Waals surface area contributed by atoms with Gasteiger partial charge in [0.05, 0.1) is 11.7 Å². The number of nitrogens with zero attached hydrogens (tertiary/aromatic N) is 4. The van der Waals surface area contributed by atoms with Crippen molar-refractivity contribution >= 4 is 0 Å². The highest BCUT2D eigenvalue weighted by Crippen LogP contribution is 2.23. The summed E-state index contributed by atoms with van der Waals surface area (Å²) in [6.45, 7) is 3.94. The summed E-state index contributed by atoms with van der Waals surface area (Å²) in [5, 5.41) is 3.48. The molecule has 0 radical (unpaired) electrons. The molecule has 2 aromatic heterocycles. The Bertz CT molecular complexity index is 637. The molecular weight excluding hydrogens is 274 g/mol. The molecule has 0 bridgehead atoms. The molecule has 22 heavy (non-hydrogen) atoms. The van der Waals surface area contributed by atoms with Gasteiger partial charge in [-0.2, -0.15) is 0 Å². The molecule has 5 heteroatoms. The van der Waals surface area contributed by atoms with Crippen LogP contribution >= 0.6 is 0 Å². The van der Waals surface area contributed by atoms with Crippen molar-refractivity contribution in [2.24, 2.45) is 0 Å². The summed E-state index contributed by atoms with van der Waals surface area (Å²) in [6, 6.07) is 6.45. The van der Waals surface area contributed by atoms with Crippen molar-refractivity contribution < 1.29 is 0 Å². The van der Waals surface area contributed by atoms with Gasteiger partial charge in [-0.05, 0) is 31.5 Å². The fourth-order valence-corrected chi connectivity index (χ4v) is 3.32. The van der Waals surface area contributed by atoms with E-state index >= 15 is 0 Å². The van der Waals surface area contributed by atoms with Gasteiger partial charge in [0.25, 0.3) is 0 Å². The van der Waals surface area contributed by atoms with E-state index in [1.165, 1.54) is 17.7 Å². The Balaban J connectivity index is 1.47. The lowest BCUT2D eigenvalue weighted by Gasteiger charge is -2.28. The molecule has 0 spiro atoms. The summed E-state index contributed by atoms with van der Waals surface area (Å²) in [4.78, 5) is 16.3. The van der Waals surface area contributed by atoms with E-state index in [4.69, 9.17) is 4.98 Å². The fraction of sp³-hybridized carbons (Fsp3) is 0.471. The van der Waals surface area contributed by atoms with Gasteiger partial charge in [0.1, 0.15) is 5.82 Å². The average molecular weight is 295 g/mol. The Kier molecular flexibility index (Phi) is 3.83. The van der Waals surface area contributed by atoms with Gasteiger partial charge < -0.3 is 5.32 Å². The van der Waals surface area contributed by atoms with Gasteiger partial charge in [0.15, 0.2) is 0 Å². The SMILES string of the molecule is c1ccc(CN2CCc3nc(C4CCCN4)ncc3C2)nc1. The van der Waals surface area contributed by atoms with Crippen molar-refractivity contribution in [2.75, 3.05) is 13.1 Å². The van der Waals surface area contributed by atoms with E-state index in [9.17, 15) is 0 Å². The van der Waals surface area contributed by atoms with Crippen LogP contribution in [-0.4, -0.2) is 32.9 Å². The Morgan fingerprint density at radius 2 is 2.27 bits per heavy atom. The van der Waals surface area contributed by atoms with E-state index in [-0.39, 0.29) is 0 Å². The first-order valence-electron chi connectivity index (χ1n) is 8.09. The zero-order valence-corrected chi connectivity index (χ0v) is 12.7. The topological polar surface area (TPSA) is 53.9 Å². The lowest BCUT2D eigenvalue weighted by Crippen LogP contribution is -2.31. The highest BCUT2D eigenvalue weighted by molar-refractivity contribution is 5.22. The second kappa shape index (κ2) is 6.10. The predicted molar refractivity (Wildman–Crippen MR) is 84.1 cm³/mol. The van der Waals surface area contributed by atoms with Crippen molar-refractivity contribution in [2.45, 2.75) is 38.4 Å². The molecule has 5 nitrogen and oxygen atoms in total. The van der Waals surface area contributed by atoms with Crippen LogP contribution in [0.25, 0.3) is 0 Å². The quantitative estimate of drug-likeness (QED) is 0.936. The third-order valence-electron chi connectivity index (χ3n) is 4.52. The number of nitrogens with one attached hydrogen (secondary N) is 1. The summed E-state index contributed by atoms with van der Waals surface area (Å²) in [5.41, 5.74) is 3.62. The molecule has 1 saturated heterocycles. The van der Waals surface area contributed by atoms with E-state index < -0.39 is 0 Å². The van der Waals surface area contributed by atoms with Gasteiger partial charge in [-0.15, -0.1) is 0 Å². The molecule has 1 N–H and O–H groups in total. The number of hydrogen-bond donors (Lipinski definition) is 1. The van der Waals surface area contributed by atoms with Gasteiger partial charge in [-0.3, -0.25) is 9.88 Å². The Hall–Kier alpha value is -1.85. The molecule has 1 unspecified atom stereocenters. The summed E-state index contributed by atoms with van der Waals surface area (Å²) < 4.78 is 0. The Labute approximate surface area is 130 Å². The molecule has 4 heterocycles. The normalized spacial score (nSPS) is 21.7. The van der Waals surface area contributed by atoms with E-state index in [0.29, 0.717) is 6.04 Å². The van der Waals surface area contributed by atoms with Crippen molar-refractivity contribution in [1.82, 2.24) is 25.2 Å². The number of aromatic nitrogens is 3. The second-order valence-electron chi connectivity index (χ2n) is 6.13. The van der Waals surface area contributed by atoms with Gasteiger partial charge in [0, 0.05) is 49.7 Å². The van der Waals surface area contributed by atoms with Crippen LogP contribution in [0.4, 0.5) is 0 Å². The lowest BCUT2D eigenvalue weighted by atomic mass is 10.1. The molecule has 2 aromatic rings. The molecule has 1 fully saturated rings. The smallest absolute Gasteiger partial charge is 0.145 e. The minimum Gasteiger partial charge on any atom is -0.307 e. The summed E-state index contributed by atoms with van der Waals surface area (Å²) in [5.74, 6) is 0.981. The lowest BCUT2D eigenvalue weighted by molar-refractivity contribution is 0.239. The summed E-state index contributed by atoms with van der Waals surface area (Å²) in [6.07, 6.45) is 7.28. The molecule has 114 valence electrons. The predicted octanol–water partition coefficient (Wildman–Crippen LogP) is 1.85. The second-order valence-corrected chi connectivity index (χ2v) is 6.13. The van der Waals surface area contributed by atoms with Crippen LogP contribution in [0.2, 0.25) is 0 Å². The van der Waals surface area contributed by atoms with Crippen LogP contribution < -0.4 is 5.32 Å². The minimum atomic E-state index is 0.358. The third kappa shape index (κ3) is 2.87. The number of rotatable bonds is 3. The maximum Gasteiger partial charge on any atom is 0.145 e. The van der Waals surface area contributed by atoms with Gasteiger partial charge >= 0.3 is 0 Å². The highest BCUT2D eigenvalue weighted by Gasteiger charge is 2.23. The van der Waals surface area contributed by atoms with Crippen LogP contribution in [0, 0.1) is 0 Å². The monoisotopic (exact) mass is 295 g/mol. The first-order chi connectivity index (χ1) is 10.9. The van der Waals surface area contributed by atoms with E-state index in [1.54, 1.807) is 0 Å². The largest absolute Gasteiger partial charge is 0.307 e. The molecular formula is C17H21N5. The molecule has 0 aliphatic carbocycles. The number of hydrogen-bond acceptors (Lipinski definition) is 5. The van der Waals surface area contributed by atoms with Crippen molar-refractivity contribution in [3.05, 3.63) is 53.4 Å². The maximum absolute atomic E-state index is 4.82. The molecule has 0 amide bonds. The molecule has 1 atom stereocenters. The molecule has 0 saturated carbocycles. The first kappa shape index (κ1) is 13.8. The third-order valence-corrected chi connectivity index (χ3v) is 4.52. The van der Waals surface area contributed by atoms with Gasteiger partial charge in [0.2, 0.25) is 0 Å². The van der Waals surface area contributed by atoms with Crippen molar-refractivity contribution in [3.8, 4) is 0 Å². The molecule has 0 aromatic carbocycles. The molecule has 2 aliphatic heterocycles. The highest BCUT2D eigenvalue weighted by atomic mass is 15.1. The molecule has 2 aliphatic rings. The summed E-state index contributed by atoms with van der Waals surface area (Å²) in [7, 11) is 0. The Morgan fingerprint density at radius 1 is 1.27 bits per heavy atom. The standard InChI is InChI=1S/C17H21N5/c1-2-7-18-14(4-1)12-22-9-6-15-13(11-22)10-20-17(21-15)16-5-3-8-19-16/h1-2,4,7,10,16,19H,3,5-6,8-9,11-12H2. The zero-order chi connectivity index (χ0) is 14.8. The van der Waals surface area contributed by atoms with Crippen molar-refractivity contribution in [1.29, 1.82) is 0 Å².